The van der Waals surface area contributed by atoms with E-state index in [1.165, 1.54) is 6.20 Å². The summed E-state index contributed by atoms with van der Waals surface area (Å²) in [6, 6.07) is 7.17. The molecule has 4 aromatic rings. The van der Waals surface area contributed by atoms with E-state index in [-0.39, 0.29) is 5.69 Å². The van der Waals surface area contributed by atoms with Crippen LogP contribution in [0, 0.1) is 13.8 Å². The second kappa shape index (κ2) is 8.74. The summed E-state index contributed by atoms with van der Waals surface area (Å²) in [7, 11) is 0. The van der Waals surface area contributed by atoms with E-state index >= 15 is 0 Å². The van der Waals surface area contributed by atoms with Crippen molar-refractivity contribution in [3.63, 3.8) is 0 Å². The number of nitrogens with one attached hydrogen (secondary N) is 1. The molecular formula is C20H17Cl3N6O2. The zero-order valence-corrected chi connectivity index (χ0v) is 18.8. The highest BCUT2D eigenvalue weighted by Gasteiger charge is 2.21. The fourth-order valence-electron chi connectivity index (χ4n) is 3.06. The molecule has 8 nitrogen and oxygen atoms in total. The van der Waals surface area contributed by atoms with Gasteiger partial charge in [-0.05, 0) is 31.5 Å². The molecule has 31 heavy (non-hydrogen) atoms. The predicted molar refractivity (Wildman–Crippen MR) is 118 cm³/mol. The zero-order chi connectivity index (χ0) is 22.1. The number of benzene rings is 1. The van der Waals surface area contributed by atoms with E-state index in [2.05, 4.69) is 20.7 Å². The van der Waals surface area contributed by atoms with Gasteiger partial charge in [0.1, 0.15) is 5.76 Å². The summed E-state index contributed by atoms with van der Waals surface area (Å²) in [6.45, 7) is 4.41. The lowest BCUT2D eigenvalue weighted by Gasteiger charge is -2.06. The van der Waals surface area contributed by atoms with Crippen molar-refractivity contribution in [1.29, 1.82) is 0 Å². The number of aromatic nitrogens is 5. The second-order valence-corrected chi connectivity index (χ2v) is 8.20. The number of carbonyl (C=O) groups excluding carboxylic acids is 1. The van der Waals surface area contributed by atoms with E-state index < -0.39 is 5.91 Å². The Bertz CT molecular complexity index is 1260. The van der Waals surface area contributed by atoms with Gasteiger partial charge in [0.15, 0.2) is 11.5 Å². The maximum Gasteiger partial charge on any atom is 0.279 e. The number of hydrogen-bond acceptors (Lipinski definition) is 5. The van der Waals surface area contributed by atoms with Gasteiger partial charge in [-0.25, -0.2) is 0 Å². The molecule has 4 rings (SSSR count). The van der Waals surface area contributed by atoms with Gasteiger partial charge < -0.3 is 9.84 Å². The molecule has 0 atom stereocenters. The van der Waals surface area contributed by atoms with Crippen molar-refractivity contribution < 1.29 is 9.32 Å². The molecule has 1 amide bonds. The Morgan fingerprint density at radius 1 is 1.13 bits per heavy atom. The van der Waals surface area contributed by atoms with Gasteiger partial charge in [0.05, 0.1) is 34.4 Å². The molecule has 0 saturated heterocycles. The molecular weight excluding hydrogens is 463 g/mol. The van der Waals surface area contributed by atoms with Crippen LogP contribution >= 0.6 is 34.8 Å². The lowest BCUT2D eigenvalue weighted by atomic mass is 10.2. The molecule has 0 spiro atoms. The number of amides is 1. The minimum atomic E-state index is -0.427. The van der Waals surface area contributed by atoms with Gasteiger partial charge in [-0.2, -0.15) is 10.2 Å². The Morgan fingerprint density at radius 2 is 1.94 bits per heavy atom. The van der Waals surface area contributed by atoms with Crippen LogP contribution in [0.15, 0.2) is 41.2 Å². The first-order valence-electron chi connectivity index (χ1n) is 9.23. The van der Waals surface area contributed by atoms with Crippen LogP contribution in [-0.2, 0) is 13.1 Å². The monoisotopic (exact) mass is 478 g/mol. The van der Waals surface area contributed by atoms with Crippen LogP contribution in [0.2, 0.25) is 15.1 Å². The molecule has 0 aliphatic heterocycles. The molecule has 0 aliphatic rings. The molecule has 3 aromatic heterocycles. The third-order valence-electron chi connectivity index (χ3n) is 4.66. The van der Waals surface area contributed by atoms with Crippen LogP contribution in [0.25, 0.3) is 0 Å². The number of rotatable bonds is 6. The summed E-state index contributed by atoms with van der Waals surface area (Å²) in [5.41, 5.74) is 2.58. The van der Waals surface area contributed by atoms with Crippen molar-refractivity contribution in [2.24, 2.45) is 0 Å². The Kier molecular flexibility index (Phi) is 6.04. The molecule has 1 aromatic carbocycles. The lowest BCUT2D eigenvalue weighted by Crippen LogP contribution is -2.16. The van der Waals surface area contributed by atoms with Crippen molar-refractivity contribution in [2.45, 2.75) is 26.9 Å². The largest absolute Gasteiger partial charge is 0.361 e. The molecule has 0 aliphatic carbocycles. The number of anilines is 1. The summed E-state index contributed by atoms with van der Waals surface area (Å²) in [6.07, 6.45) is 3.18. The van der Waals surface area contributed by atoms with E-state index in [0.717, 1.165) is 11.3 Å². The molecule has 0 saturated carbocycles. The first kappa shape index (κ1) is 21.4. The van der Waals surface area contributed by atoms with Gasteiger partial charge in [0, 0.05) is 23.5 Å². The smallest absolute Gasteiger partial charge is 0.279 e. The molecule has 11 heteroatoms. The molecule has 160 valence electrons. The minimum Gasteiger partial charge on any atom is -0.361 e. The van der Waals surface area contributed by atoms with E-state index in [1.807, 2.05) is 13.0 Å². The van der Waals surface area contributed by atoms with Crippen molar-refractivity contribution in [1.82, 2.24) is 24.7 Å². The third-order valence-corrected chi connectivity index (χ3v) is 5.59. The highest BCUT2D eigenvalue weighted by molar-refractivity contribution is 6.42. The van der Waals surface area contributed by atoms with Gasteiger partial charge in [0.25, 0.3) is 5.91 Å². The average Bonchev–Trinajstić information content (AvgIpc) is 3.39. The Hall–Kier alpha value is -2.81. The van der Waals surface area contributed by atoms with Crippen LogP contribution in [0.4, 0.5) is 5.82 Å². The molecule has 0 bridgehead atoms. The molecule has 0 unspecified atom stereocenters. The fraction of sp³-hybridized carbons (Fsp3) is 0.200. The molecule has 1 N–H and O–H groups in total. The van der Waals surface area contributed by atoms with E-state index in [4.69, 9.17) is 39.3 Å². The Balaban J connectivity index is 1.50. The highest BCUT2D eigenvalue weighted by Crippen LogP contribution is 2.24. The summed E-state index contributed by atoms with van der Waals surface area (Å²) in [5, 5.41) is 16.7. The zero-order valence-electron chi connectivity index (χ0n) is 16.6. The van der Waals surface area contributed by atoms with Crippen LogP contribution in [-0.4, -0.2) is 30.6 Å². The maximum atomic E-state index is 12.8. The molecule has 3 heterocycles. The molecule has 0 radical (unpaired) electrons. The van der Waals surface area contributed by atoms with Crippen LogP contribution in [0.3, 0.4) is 0 Å². The summed E-state index contributed by atoms with van der Waals surface area (Å²) < 4.78 is 8.59. The SMILES string of the molecule is Cc1onc(C(=O)Nc2cc(C)n(Cc3ccc(Cl)c(Cl)c3)n2)c1Cn1cc(Cl)cn1. The summed E-state index contributed by atoms with van der Waals surface area (Å²) in [5.74, 6) is 0.499. The van der Waals surface area contributed by atoms with Gasteiger partial charge in [-0.3, -0.25) is 14.2 Å². The second-order valence-electron chi connectivity index (χ2n) is 6.95. The topological polar surface area (TPSA) is 90.8 Å². The predicted octanol–water partition coefficient (Wildman–Crippen LogP) is 4.99. The number of aryl methyl sites for hydroxylation is 2. The van der Waals surface area contributed by atoms with Crippen LogP contribution < -0.4 is 5.32 Å². The van der Waals surface area contributed by atoms with E-state index in [1.54, 1.807) is 40.7 Å². The molecule has 0 fully saturated rings. The van der Waals surface area contributed by atoms with Crippen LogP contribution in [0.1, 0.15) is 33.1 Å². The van der Waals surface area contributed by atoms with Gasteiger partial charge in [0.2, 0.25) is 0 Å². The quantitative estimate of drug-likeness (QED) is 0.420. The average molecular weight is 480 g/mol. The first-order chi connectivity index (χ1) is 14.8. The van der Waals surface area contributed by atoms with Crippen molar-refractivity contribution >= 4 is 46.5 Å². The van der Waals surface area contributed by atoms with Crippen molar-refractivity contribution in [3.8, 4) is 0 Å². The number of nitrogens with zero attached hydrogens (tertiary/aromatic N) is 5. The van der Waals surface area contributed by atoms with Gasteiger partial charge >= 0.3 is 0 Å². The number of halogens is 3. The van der Waals surface area contributed by atoms with E-state index in [9.17, 15) is 4.79 Å². The third kappa shape index (κ3) is 4.76. The lowest BCUT2D eigenvalue weighted by molar-refractivity contribution is 0.101. The number of hydrogen-bond donors (Lipinski definition) is 1. The minimum absolute atomic E-state index is 0.167. The Labute approximate surface area is 192 Å². The highest BCUT2D eigenvalue weighted by atomic mass is 35.5. The first-order valence-corrected chi connectivity index (χ1v) is 10.4. The summed E-state index contributed by atoms with van der Waals surface area (Å²) in [4.78, 5) is 12.8. The van der Waals surface area contributed by atoms with Crippen LogP contribution in [0.5, 0.6) is 0 Å². The standard InChI is InChI=1S/C20H17Cl3N6O2/c1-11-5-18(26-29(11)8-13-3-4-16(22)17(23)6-13)25-20(30)19-15(12(2)31-27-19)10-28-9-14(21)7-24-28/h3-7,9H,8,10H2,1-2H3,(H,25,26,30). The van der Waals surface area contributed by atoms with Gasteiger partial charge in [-0.1, -0.05) is 46.0 Å². The maximum absolute atomic E-state index is 12.8. The summed E-state index contributed by atoms with van der Waals surface area (Å²) >= 11 is 18.0. The van der Waals surface area contributed by atoms with Crippen molar-refractivity contribution in [2.75, 3.05) is 5.32 Å². The number of carbonyl (C=O) groups is 1. The fourth-order valence-corrected chi connectivity index (χ4v) is 3.54. The Morgan fingerprint density at radius 3 is 2.65 bits per heavy atom. The normalized spacial score (nSPS) is 11.1. The van der Waals surface area contributed by atoms with E-state index in [0.29, 0.717) is 45.3 Å². The van der Waals surface area contributed by atoms with Crippen molar-refractivity contribution in [3.05, 3.63) is 80.0 Å². The van der Waals surface area contributed by atoms with Gasteiger partial charge in [-0.15, -0.1) is 0 Å².